The van der Waals surface area contributed by atoms with Gasteiger partial charge in [0, 0.05) is 6.54 Å². The first-order valence-electron chi connectivity index (χ1n) is 7.10. The molecule has 110 valence electrons. The average molecular weight is 271 g/mol. The van der Waals surface area contributed by atoms with Crippen molar-refractivity contribution in [2.75, 3.05) is 13.1 Å². The predicted molar refractivity (Wildman–Crippen MR) is 71.1 cm³/mol. The molecule has 0 spiro atoms. The van der Waals surface area contributed by atoms with Crippen LogP contribution < -0.4 is 10.9 Å². The molecule has 2 amide bonds. The molecule has 0 aromatic carbocycles. The third kappa shape index (κ3) is 7.12. The number of hydroxylamine groups is 2. The molecule has 0 heterocycles. The van der Waals surface area contributed by atoms with Gasteiger partial charge in [-0.2, -0.15) is 0 Å². The van der Waals surface area contributed by atoms with E-state index in [0.717, 1.165) is 25.8 Å². The zero-order valence-corrected chi connectivity index (χ0v) is 11.6. The Morgan fingerprint density at radius 1 is 1.47 bits per heavy atom. The summed E-state index contributed by atoms with van der Waals surface area (Å²) in [6.45, 7) is 2.93. The summed E-state index contributed by atoms with van der Waals surface area (Å²) in [6.07, 6.45) is 6.49. The van der Waals surface area contributed by atoms with Crippen LogP contribution in [0.4, 0.5) is 0 Å². The van der Waals surface area contributed by atoms with Gasteiger partial charge in [0.1, 0.15) is 0 Å². The number of hydrazine groups is 1. The van der Waals surface area contributed by atoms with Gasteiger partial charge in [0.15, 0.2) is 0 Å². The maximum absolute atomic E-state index is 12.0. The minimum absolute atomic E-state index is 0.0458. The quantitative estimate of drug-likeness (QED) is 0.227. The van der Waals surface area contributed by atoms with E-state index in [4.69, 9.17) is 0 Å². The average Bonchev–Trinajstić information content (AvgIpc) is 3.21. The van der Waals surface area contributed by atoms with E-state index < -0.39 is 0 Å². The second-order valence-electron chi connectivity index (χ2n) is 5.23. The van der Waals surface area contributed by atoms with E-state index >= 15 is 0 Å². The Labute approximate surface area is 114 Å². The molecule has 1 saturated carbocycles. The van der Waals surface area contributed by atoms with Crippen LogP contribution in [-0.4, -0.2) is 35.7 Å². The number of hydrogen-bond donors (Lipinski definition) is 3. The number of hydrogen-bond acceptors (Lipinski definition) is 4. The molecule has 0 aliphatic heterocycles. The standard InChI is InChI=1S/C13H25N3O3/c1-2-3-4-5-12(9-16(19)10-17)13(18)15-14-8-11-6-7-11/h10-12,14,19H,2-9H2,1H3,(H,15,18). The summed E-state index contributed by atoms with van der Waals surface area (Å²) in [6, 6.07) is 0. The van der Waals surface area contributed by atoms with Crippen molar-refractivity contribution >= 4 is 12.3 Å². The molecule has 0 aromatic rings. The topological polar surface area (TPSA) is 81.7 Å². The molecule has 0 radical (unpaired) electrons. The molecule has 0 bridgehead atoms. The van der Waals surface area contributed by atoms with Crippen molar-refractivity contribution in [3.8, 4) is 0 Å². The van der Waals surface area contributed by atoms with Gasteiger partial charge in [-0.15, -0.1) is 0 Å². The minimum atomic E-state index is -0.367. The first-order chi connectivity index (χ1) is 9.17. The van der Waals surface area contributed by atoms with E-state index in [0.29, 0.717) is 23.8 Å². The molecule has 0 saturated heterocycles. The predicted octanol–water partition coefficient (Wildman–Crippen LogP) is 1.06. The first-order valence-corrected chi connectivity index (χ1v) is 7.10. The summed E-state index contributed by atoms with van der Waals surface area (Å²) >= 11 is 0. The Kier molecular flexibility index (Phi) is 7.43. The molecule has 0 aromatic heterocycles. The lowest BCUT2D eigenvalue weighted by Crippen LogP contribution is -2.45. The van der Waals surface area contributed by atoms with E-state index in [-0.39, 0.29) is 18.4 Å². The Morgan fingerprint density at radius 3 is 2.79 bits per heavy atom. The monoisotopic (exact) mass is 271 g/mol. The van der Waals surface area contributed by atoms with Gasteiger partial charge < -0.3 is 0 Å². The third-order valence-corrected chi connectivity index (χ3v) is 3.36. The van der Waals surface area contributed by atoms with Crippen molar-refractivity contribution < 1.29 is 14.8 Å². The van der Waals surface area contributed by atoms with Crippen LogP contribution in [0.5, 0.6) is 0 Å². The first kappa shape index (κ1) is 15.9. The van der Waals surface area contributed by atoms with Crippen LogP contribution in [0.1, 0.15) is 45.4 Å². The minimum Gasteiger partial charge on any atom is -0.291 e. The van der Waals surface area contributed by atoms with Crippen LogP contribution in [0.25, 0.3) is 0 Å². The van der Waals surface area contributed by atoms with Crippen molar-refractivity contribution in [2.24, 2.45) is 11.8 Å². The van der Waals surface area contributed by atoms with E-state index in [1.54, 1.807) is 0 Å². The molecule has 19 heavy (non-hydrogen) atoms. The lowest BCUT2D eigenvalue weighted by Gasteiger charge is -2.19. The Hall–Kier alpha value is -1.14. The molecule has 1 aliphatic rings. The smallest absolute Gasteiger partial charge is 0.239 e. The zero-order chi connectivity index (χ0) is 14.1. The number of amides is 2. The van der Waals surface area contributed by atoms with Gasteiger partial charge in [-0.3, -0.25) is 20.2 Å². The molecule has 1 rings (SSSR count). The molecule has 6 heteroatoms. The summed E-state index contributed by atoms with van der Waals surface area (Å²) in [5, 5.41) is 9.76. The van der Waals surface area contributed by atoms with Crippen LogP contribution in [0, 0.1) is 11.8 Å². The fraction of sp³-hybridized carbons (Fsp3) is 0.846. The Morgan fingerprint density at radius 2 is 2.21 bits per heavy atom. The molecule has 1 unspecified atom stereocenters. The van der Waals surface area contributed by atoms with Crippen molar-refractivity contribution in [1.29, 1.82) is 0 Å². The van der Waals surface area contributed by atoms with E-state index in [1.165, 1.54) is 12.8 Å². The second-order valence-corrected chi connectivity index (χ2v) is 5.23. The molecule has 1 aliphatic carbocycles. The highest BCUT2D eigenvalue weighted by atomic mass is 16.5. The summed E-state index contributed by atoms with van der Waals surface area (Å²) in [5.74, 6) is 0.161. The largest absolute Gasteiger partial charge is 0.291 e. The van der Waals surface area contributed by atoms with Crippen LogP contribution in [0.3, 0.4) is 0 Å². The highest BCUT2D eigenvalue weighted by molar-refractivity contribution is 5.78. The zero-order valence-electron chi connectivity index (χ0n) is 11.6. The molecular weight excluding hydrogens is 246 g/mol. The Bertz CT molecular complexity index is 282. The molecule has 1 atom stereocenters. The van der Waals surface area contributed by atoms with Gasteiger partial charge in [-0.1, -0.05) is 26.2 Å². The van der Waals surface area contributed by atoms with Crippen LogP contribution in [0.2, 0.25) is 0 Å². The van der Waals surface area contributed by atoms with Gasteiger partial charge in [0.05, 0.1) is 12.5 Å². The molecule has 6 nitrogen and oxygen atoms in total. The fourth-order valence-electron chi connectivity index (χ4n) is 1.92. The van der Waals surface area contributed by atoms with E-state index in [1.807, 2.05) is 0 Å². The number of unbranched alkanes of at least 4 members (excludes halogenated alkanes) is 2. The summed E-state index contributed by atoms with van der Waals surface area (Å²) < 4.78 is 0. The maximum Gasteiger partial charge on any atom is 0.239 e. The highest BCUT2D eigenvalue weighted by Gasteiger charge is 2.23. The normalized spacial score (nSPS) is 15.9. The van der Waals surface area contributed by atoms with E-state index in [2.05, 4.69) is 17.8 Å². The lowest BCUT2D eigenvalue weighted by atomic mass is 10.0. The molecule has 3 N–H and O–H groups in total. The number of nitrogens with zero attached hydrogens (tertiary/aromatic N) is 1. The summed E-state index contributed by atoms with van der Waals surface area (Å²) in [7, 11) is 0. The third-order valence-electron chi connectivity index (χ3n) is 3.36. The number of carbonyl (C=O) groups excluding carboxylic acids is 2. The van der Waals surface area contributed by atoms with Crippen LogP contribution >= 0.6 is 0 Å². The van der Waals surface area contributed by atoms with Gasteiger partial charge >= 0.3 is 0 Å². The number of nitrogens with one attached hydrogen (secondary N) is 2. The second kappa shape index (κ2) is 8.87. The van der Waals surface area contributed by atoms with Crippen molar-refractivity contribution in [3.63, 3.8) is 0 Å². The Balaban J connectivity index is 2.30. The lowest BCUT2D eigenvalue weighted by molar-refractivity contribution is -0.154. The van der Waals surface area contributed by atoms with Crippen molar-refractivity contribution in [1.82, 2.24) is 15.9 Å². The summed E-state index contributed by atoms with van der Waals surface area (Å²) in [5.41, 5.74) is 5.59. The van der Waals surface area contributed by atoms with Gasteiger partial charge in [0.25, 0.3) is 0 Å². The maximum atomic E-state index is 12.0. The highest BCUT2D eigenvalue weighted by Crippen LogP contribution is 2.27. The van der Waals surface area contributed by atoms with Crippen LogP contribution in [-0.2, 0) is 9.59 Å². The van der Waals surface area contributed by atoms with Crippen LogP contribution in [0.15, 0.2) is 0 Å². The van der Waals surface area contributed by atoms with Crippen molar-refractivity contribution in [2.45, 2.75) is 45.4 Å². The van der Waals surface area contributed by atoms with Gasteiger partial charge in [0.2, 0.25) is 12.3 Å². The van der Waals surface area contributed by atoms with Gasteiger partial charge in [-0.05, 0) is 25.2 Å². The molecular formula is C13H25N3O3. The number of rotatable bonds is 11. The fourth-order valence-corrected chi connectivity index (χ4v) is 1.92. The summed E-state index contributed by atoms with van der Waals surface area (Å²) in [4.78, 5) is 22.4. The van der Waals surface area contributed by atoms with Gasteiger partial charge in [-0.25, -0.2) is 10.5 Å². The molecule has 1 fully saturated rings. The SMILES string of the molecule is CCCCCC(CN(O)C=O)C(=O)NNCC1CC1. The van der Waals surface area contributed by atoms with E-state index in [9.17, 15) is 14.8 Å². The number of carbonyl (C=O) groups is 2. The van der Waals surface area contributed by atoms with Crippen molar-refractivity contribution in [3.05, 3.63) is 0 Å².